The van der Waals surface area contributed by atoms with Crippen LogP contribution in [-0.2, 0) is 10.2 Å². The van der Waals surface area contributed by atoms with Crippen molar-refractivity contribution in [2.24, 2.45) is 0 Å². The topological polar surface area (TPSA) is 46.5 Å². The van der Waals surface area contributed by atoms with E-state index in [4.69, 9.17) is 9.84 Å². The average molecular weight is 238 g/mol. The molecule has 0 amide bonds. The summed E-state index contributed by atoms with van der Waals surface area (Å²) in [5.41, 5.74) is 0.975. The van der Waals surface area contributed by atoms with E-state index in [1.54, 1.807) is 6.92 Å². The fraction of sp³-hybridized carbons (Fsp3) is 0.462. The highest BCUT2D eigenvalue weighted by Crippen LogP contribution is 2.54. The maximum atomic E-state index is 13.4. The van der Waals surface area contributed by atoms with Gasteiger partial charge in [-0.1, -0.05) is 0 Å². The number of halogens is 1. The molecule has 0 bridgehead atoms. The molecule has 0 aliphatic heterocycles. The minimum Gasteiger partial charge on any atom is -0.496 e. The van der Waals surface area contributed by atoms with Crippen LogP contribution in [-0.4, -0.2) is 18.2 Å². The maximum Gasteiger partial charge on any atom is 0.304 e. The lowest BCUT2D eigenvalue weighted by Gasteiger charge is -2.18. The van der Waals surface area contributed by atoms with Crippen LogP contribution in [0, 0.1) is 12.7 Å². The molecule has 1 N–H and O–H groups in total. The third kappa shape index (κ3) is 2.12. The van der Waals surface area contributed by atoms with Crippen molar-refractivity contribution in [1.29, 1.82) is 0 Å². The number of hydrogen-bond donors (Lipinski definition) is 1. The lowest BCUT2D eigenvalue weighted by atomic mass is 9.90. The molecule has 0 atom stereocenters. The number of carboxylic acids is 1. The van der Waals surface area contributed by atoms with Gasteiger partial charge in [-0.15, -0.1) is 0 Å². The molecule has 0 radical (unpaired) electrons. The predicted octanol–water partition coefficient (Wildman–Crippen LogP) is 2.65. The van der Waals surface area contributed by atoms with E-state index < -0.39 is 11.4 Å². The van der Waals surface area contributed by atoms with Crippen molar-refractivity contribution >= 4 is 5.97 Å². The number of rotatable bonds is 4. The van der Waals surface area contributed by atoms with E-state index in [1.807, 2.05) is 0 Å². The number of ether oxygens (including phenoxy) is 1. The van der Waals surface area contributed by atoms with Gasteiger partial charge in [0.2, 0.25) is 0 Å². The van der Waals surface area contributed by atoms with Crippen molar-refractivity contribution in [3.63, 3.8) is 0 Å². The quantitative estimate of drug-likeness (QED) is 0.877. The van der Waals surface area contributed by atoms with Gasteiger partial charge >= 0.3 is 5.97 Å². The van der Waals surface area contributed by atoms with E-state index in [1.165, 1.54) is 19.2 Å². The third-order valence-corrected chi connectivity index (χ3v) is 3.36. The molecule has 0 spiro atoms. The second kappa shape index (κ2) is 4.02. The fourth-order valence-electron chi connectivity index (χ4n) is 2.38. The van der Waals surface area contributed by atoms with Crippen LogP contribution < -0.4 is 4.74 Å². The highest BCUT2D eigenvalue weighted by molar-refractivity contribution is 5.70. The zero-order chi connectivity index (χ0) is 12.6. The molecule has 1 aromatic carbocycles. The standard InChI is InChI=1S/C13H15FO3/c1-8-5-9(14)6-10(12(8)17-2)13(3-4-13)7-11(15)16/h5-6H,3-4,7H2,1-2H3,(H,15,16). The molecule has 0 aromatic heterocycles. The van der Waals surface area contributed by atoms with Crippen molar-refractivity contribution in [2.45, 2.75) is 31.6 Å². The van der Waals surface area contributed by atoms with Crippen LogP contribution in [0.2, 0.25) is 0 Å². The van der Waals surface area contributed by atoms with Crippen molar-refractivity contribution in [2.75, 3.05) is 7.11 Å². The molecule has 17 heavy (non-hydrogen) atoms. The van der Waals surface area contributed by atoms with Gasteiger partial charge in [0.15, 0.2) is 0 Å². The molecule has 92 valence electrons. The van der Waals surface area contributed by atoms with Crippen molar-refractivity contribution in [3.05, 3.63) is 29.1 Å². The first-order valence-corrected chi connectivity index (χ1v) is 5.55. The predicted molar refractivity (Wildman–Crippen MR) is 60.9 cm³/mol. The summed E-state index contributed by atoms with van der Waals surface area (Å²) in [7, 11) is 1.53. The molecule has 2 rings (SSSR count). The zero-order valence-corrected chi connectivity index (χ0v) is 9.92. The SMILES string of the molecule is COc1c(C)cc(F)cc1C1(CC(=O)O)CC1. The second-order valence-electron chi connectivity index (χ2n) is 4.65. The van der Waals surface area contributed by atoms with E-state index in [2.05, 4.69) is 0 Å². The third-order valence-electron chi connectivity index (χ3n) is 3.36. The molecular weight excluding hydrogens is 223 g/mol. The van der Waals surface area contributed by atoms with Crippen molar-refractivity contribution in [3.8, 4) is 5.75 Å². The monoisotopic (exact) mass is 238 g/mol. The molecule has 1 saturated carbocycles. The van der Waals surface area contributed by atoms with Gasteiger partial charge in [0.05, 0.1) is 13.5 Å². The number of carboxylic acid groups (broad SMARTS) is 1. The highest BCUT2D eigenvalue weighted by Gasteiger charge is 2.48. The molecule has 1 fully saturated rings. The molecule has 4 heteroatoms. The van der Waals surface area contributed by atoms with E-state index in [-0.39, 0.29) is 12.2 Å². The first-order chi connectivity index (χ1) is 7.98. The molecular formula is C13H15FO3. The van der Waals surface area contributed by atoms with E-state index in [0.717, 1.165) is 12.8 Å². The highest BCUT2D eigenvalue weighted by atomic mass is 19.1. The van der Waals surface area contributed by atoms with E-state index >= 15 is 0 Å². The van der Waals surface area contributed by atoms with Gasteiger partial charge in [-0.05, 0) is 37.5 Å². The molecule has 3 nitrogen and oxygen atoms in total. The first kappa shape index (κ1) is 11.9. The Hall–Kier alpha value is -1.58. The van der Waals surface area contributed by atoms with E-state index in [0.29, 0.717) is 16.9 Å². The number of aliphatic carboxylic acids is 1. The molecule has 0 heterocycles. The van der Waals surface area contributed by atoms with Crippen LogP contribution in [0.25, 0.3) is 0 Å². The van der Waals surface area contributed by atoms with Gasteiger partial charge in [0, 0.05) is 11.0 Å². The van der Waals surface area contributed by atoms with Crippen LogP contribution in [0.4, 0.5) is 4.39 Å². The zero-order valence-electron chi connectivity index (χ0n) is 9.92. The van der Waals surface area contributed by atoms with Gasteiger partial charge < -0.3 is 9.84 Å². The summed E-state index contributed by atoms with van der Waals surface area (Å²) in [6, 6.07) is 2.81. The fourth-order valence-corrected chi connectivity index (χ4v) is 2.38. The summed E-state index contributed by atoms with van der Waals surface area (Å²) in [6.45, 7) is 1.77. The Balaban J connectivity index is 2.47. The Bertz CT molecular complexity index is 464. The van der Waals surface area contributed by atoms with Gasteiger partial charge in [-0.2, -0.15) is 0 Å². The lowest BCUT2D eigenvalue weighted by Crippen LogP contribution is -2.15. The molecule has 1 aromatic rings. The second-order valence-corrected chi connectivity index (χ2v) is 4.65. The number of methoxy groups -OCH3 is 1. The Labute approximate surface area is 99.2 Å². The number of benzene rings is 1. The van der Waals surface area contributed by atoms with Gasteiger partial charge in [0.25, 0.3) is 0 Å². The smallest absolute Gasteiger partial charge is 0.304 e. The maximum absolute atomic E-state index is 13.4. The Morgan fingerprint density at radius 1 is 1.53 bits per heavy atom. The first-order valence-electron chi connectivity index (χ1n) is 5.55. The Morgan fingerprint density at radius 2 is 2.18 bits per heavy atom. The normalized spacial score (nSPS) is 16.6. The lowest BCUT2D eigenvalue weighted by molar-refractivity contribution is -0.137. The average Bonchev–Trinajstić information content (AvgIpc) is 2.96. The minimum atomic E-state index is -0.855. The molecule has 0 saturated heterocycles. The molecule has 0 unspecified atom stereocenters. The van der Waals surface area contributed by atoms with Crippen molar-refractivity contribution < 1.29 is 19.0 Å². The van der Waals surface area contributed by atoms with Gasteiger partial charge in [-0.25, -0.2) is 4.39 Å². The summed E-state index contributed by atoms with van der Waals surface area (Å²) >= 11 is 0. The minimum absolute atomic E-state index is 0.0340. The largest absolute Gasteiger partial charge is 0.496 e. The summed E-state index contributed by atoms with van der Waals surface area (Å²) in [4.78, 5) is 10.9. The van der Waals surface area contributed by atoms with Crippen LogP contribution in [0.3, 0.4) is 0 Å². The van der Waals surface area contributed by atoms with Gasteiger partial charge in [0.1, 0.15) is 11.6 Å². The molecule has 1 aliphatic rings. The Morgan fingerprint density at radius 3 is 2.65 bits per heavy atom. The summed E-state index contributed by atoms with van der Waals surface area (Å²) in [6.07, 6.45) is 1.59. The van der Waals surface area contributed by atoms with Crippen LogP contribution in [0.1, 0.15) is 30.4 Å². The number of carbonyl (C=O) groups is 1. The van der Waals surface area contributed by atoms with Crippen LogP contribution >= 0.6 is 0 Å². The summed E-state index contributed by atoms with van der Waals surface area (Å²) in [5, 5.41) is 8.92. The van der Waals surface area contributed by atoms with E-state index in [9.17, 15) is 9.18 Å². The Kier molecular flexibility index (Phi) is 2.81. The number of hydrogen-bond acceptors (Lipinski definition) is 2. The van der Waals surface area contributed by atoms with Crippen LogP contribution in [0.5, 0.6) is 5.75 Å². The molecule has 1 aliphatic carbocycles. The van der Waals surface area contributed by atoms with Crippen LogP contribution in [0.15, 0.2) is 12.1 Å². The summed E-state index contributed by atoms with van der Waals surface area (Å²) in [5.74, 6) is -0.577. The van der Waals surface area contributed by atoms with Gasteiger partial charge in [-0.3, -0.25) is 4.79 Å². The van der Waals surface area contributed by atoms with Crippen molar-refractivity contribution in [1.82, 2.24) is 0 Å². The number of aryl methyl sites for hydroxylation is 1. The summed E-state index contributed by atoms with van der Waals surface area (Å²) < 4.78 is 18.7.